The van der Waals surface area contributed by atoms with Crippen molar-refractivity contribution < 1.29 is 12.6 Å². The zero-order valence-corrected chi connectivity index (χ0v) is 10.2. The fourth-order valence-electron chi connectivity index (χ4n) is 1.88. The Bertz CT molecular complexity index is 730. The zero-order chi connectivity index (χ0) is 12.6. The molecule has 1 heterocycles. The monoisotopic (exact) mass is 258 g/mol. The third-order valence-corrected chi connectivity index (χ3v) is 4.06. The van der Waals surface area contributed by atoms with Crippen LogP contribution in [0.3, 0.4) is 0 Å². The number of fused-ring (bicyclic) bond motifs is 2. The average molecular weight is 258 g/mol. The summed E-state index contributed by atoms with van der Waals surface area (Å²) in [5.74, 6) is 0.350. The van der Waals surface area contributed by atoms with E-state index >= 15 is 0 Å². The van der Waals surface area contributed by atoms with Crippen LogP contribution in [0.5, 0.6) is 5.75 Å². The molecule has 3 rings (SSSR count). The molecule has 0 aliphatic carbocycles. The quantitative estimate of drug-likeness (QED) is 0.682. The Morgan fingerprint density at radius 3 is 2.22 bits per heavy atom. The molecule has 0 N–H and O–H groups in total. The highest BCUT2D eigenvalue weighted by atomic mass is 32.2. The van der Waals surface area contributed by atoms with Crippen molar-refractivity contribution in [3.63, 3.8) is 0 Å². The Balaban J connectivity index is 2.29. The van der Waals surface area contributed by atoms with Crippen molar-refractivity contribution in [1.29, 1.82) is 0 Å². The second-order valence-corrected chi connectivity index (χ2v) is 5.46. The molecular weight excluding hydrogens is 248 g/mol. The van der Waals surface area contributed by atoms with E-state index in [0.29, 0.717) is 11.3 Å². The summed E-state index contributed by atoms with van der Waals surface area (Å²) < 4.78 is 29.5. The van der Waals surface area contributed by atoms with E-state index < -0.39 is 10.1 Å². The first-order chi connectivity index (χ1) is 8.67. The highest BCUT2D eigenvalue weighted by Gasteiger charge is 2.22. The van der Waals surface area contributed by atoms with Crippen molar-refractivity contribution >= 4 is 22.3 Å². The van der Waals surface area contributed by atoms with Crippen molar-refractivity contribution in [2.75, 3.05) is 0 Å². The molecule has 2 aromatic carbocycles. The van der Waals surface area contributed by atoms with E-state index in [1.54, 1.807) is 42.5 Å². The molecule has 3 nitrogen and oxygen atoms in total. The summed E-state index contributed by atoms with van der Waals surface area (Å²) in [6.45, 7) is 0. The molecule has 4 heteroatoms. The van der Waals surface area contributed by atoms with Gasteiger partial charge in [-0.15, -0.1) is 0 Å². The number of hydrogen-bond donors (Lipinski definition) is 0. The molecule has 18 heavy (non-hydrogen) atoms. The summed E-state index contributed by atoms with van der Waals surface area (Å²) in [6, 6.07) is 13.8. The maximum Gasteiger partial charge on any atom is 0.339 e. The molecule has 0 atom stereocenters. The SMILES string of the molecule is O=S1(=O)Oc2ccccc2/C=C\c2ccccc21. The van der Waals surface area contributed by atoms with E-state index in [-0.39, 0.29) is 4.90 Å². The van der Waals surface area contributed by atoms with E-state index in [1.807, 2.05) is 18.2 Å². The molecule has 0 spiro atoms. The maximum atomic E-state index is 12.2. The number of rotatable bonds is 0. The molecule has 90 valence electrons. The maximum absolute atomic E-state index is 12.2. The van der Waals surface area contributed by atoms with Gasteiger partial charge >= 0.3 is 10.1 Å². The van der Waals surface area contributed by atoms with E-state index in [4.69, 9.17) is 4.18 Å². The van der Waals surface area contributed by atoms with Crippen LogP contribution in [0.2, 0.25) is 0 Å². The zero-order valence-electron chi connectivity index (χ0n) is 9.41. The van der Waals surface area contributed by atoms with E-state index in [1.165, 1.54) is 0 Å². The number of hydrogen-bond acceptors (Lipinski definition) is 3. The van der Waals surface area contributed by atoms with Gasteiger partial charge in [-0.2, -0.15) is 8.42 Å². The lowest BCUT2D eigenvalue weighted by atomic mass is 10.1. The molecule has 0 radical (unpaired) electrons. The third kappa shape index (κ3) is 1.80. The van der Waals surface area contributed by atoms with Crippen molar-refractivity contribution in [3.05, 3.63) is 59.7 Å². The second-order valence-electron chi connectivity index (χ2n) is 3.95. The van der Waals surface area contributed by atoms with Gasteiger partial charge in [0.25, 0.3) is 0 Å². The van der Waals surface area contributed by atoms with Gasteiger partial charge in [-0.3, -0.25) is 0 Å². The highest BCUT2D eigenvalue weighted by molar-refractivity contribution is 7.87. The smallest absolute Gasteiger partial charge is 0.339 e. The lowest BCUT2D eigenvalue weighted by Gasteiger charge is -2.13. The van der Waals surface area contributed by atoms with Gasteiger partial charge in [-0.05, 0) is 17.7 Å². The van der Waals surface area contributed by atoms with Gasteiger partial charge in [-0.25, -0.2) is 0 Å². The summed E-state index contributed by atoms with van der Waals surface area (Å²) in [7, 11) is -3.77. The average Bonchev–Trinajstić information content (AvgIpc) is 2.36. The molecule has 0 bridgehead atoms. The fourth-order valence-corrected chi connectivity index (χ4v) is 3.03. The van der Waals surface area contributed by atoms with Crippen molar-refractivity contribution in [3.8, 4) is 5.75 Å². The first kappa shape index (κ1) is 11.0. The Hall–Kier alpha value is -2.07. The molecular formula is C14H10O3S. The molecule has 0 amide bonds. The van der Waals surface area contributed by atoms with E-state index in [0.717, 1.165) is 5.56 Å². The van der Waals surface area contributed by atoms with Gasteiger partial charge in [0.15, 0.2) is 0 Å². The molecule has 0 fully saturated rings. The van der Waals surface area contributed by atoms with Gasteiger partial charge < -0.3 is 4.18 Å². The number of para-hydroxylation sites is 1. The lowest BCUT2D eigenvalue weighted by Crippen LogP contribution is -2.12. The fraction of sp³-hybridized carbons (Fsp3) is 0. The topological polar surface area (TPSA) is 43.4 Å². The van der Waals surface area contributed by atoms with Gasteiger partial charge in [0.2, 0.25) is 0 Å². The third-order valence-electron chi connectivity index (χ3n) is 2.75. The van der Waals surface area contributed by atoms with Crippen LogP contribution in [-0.2, 0) is 10.1 Å². The molecule has 1 aliphatic rings. The van der Waals surface area contributed by atoms with Crippen LogP contribution in [0.25, 0.3) is 12.2 Å². The standard InChI is InChI=1S/C14H10O3S/c15-18(16)14-8-4-2-6-12(14)10-9-11-5-1-3-7-13(11)17-18/h1-10H/b10-9-. The van der Waals surface area contributed by atoms with Crippen LogP contribution in [0, 0.1) is 0 Å². The Morgan fingerprint density at radius 2 is 1.39 bits per heavy atom. The predicted octanol–water partition coefficient (Wildman–Crippen LogP) is 2.94. The second kappa shape index (κ2) is 3.99. The van der Waals surface area contributed by atoms with Crippen LogP contribution in [-0.4, -0.2) is 8.42 Å². The molecule has 2 aromatic rings. The van der Waals surface area contributed by atoms with Crippen LogP contribution in [0.4, 0.5) is 0 Å². The summed E-state index contributed by atoms with van der Waals surface area (Å²) in [5, 5.41) is 0. The molecule has 1 aliphatic heterocycles. The molecule has 0 aromatic heterocycles. The summed E-state index contributed by atoms with van der Waals surface area (Å²) in [4.78, 5) is 0.191. The largest absolute Gasteiger partial charge is 0.378 e. The molecule has 0 saturated carbocycles. The van der Waals surface area contributed by atoms with Gasteiger partial charge in [0.1, 0.15) is 10.6 Å². The minimum atomic E-state index is -3.77. The van der Waals surface area contributed by atoms with Gasteiger partial charge in [0.05, 0.1) is 0 Å². The van der Waals surface area contributed by atoms with E-state index in [2.05, 4.69) is 0 Å². The van der Waals surface area contributed by atoms with Gasteiger partial charge in [-0.1, -0.05) is 48.6 Å². The van der Waals surface area contributed by atoms with Crippen molar-refractivity contribution in [2.45, 2.75) is 4.90 Å². The molecule has 0 saturated heterocycles. The lowest BCUT2D eigenvalue weighted by molar-refractivity contribution is 0.485. The Morgan fingerprint density at radius 1 is 0.778 bits per heavy atom. The Kier molecular flexibility index (Phi) is 2.45. The van der Waals surface area contributed by atoms with Crippen molar-refractivity contribution in [2.24, 2.45) is 0 Å². The van der Waals surface area contributed by atoms with Crippen molar-refractivity contribution in [1.82, 2.24) is 0 Å². The van der Waals surface area contributed by atoms with E-state index in [9.17, 15) is 8.42 Å². The number of benzene rings is 2. The highest BCUT2D eigenvalue weighted by Crippen LogP contribution is 2.29. The van der Waals surface area contributed by atoms with Crippen LogP contribution in [0.15, 0.2) is 53.4 Å². The van der Waals surface area contributed by atoms with Gasteiger partial charge in [0, 0.05) is 5.56 Å². The Labute approximate surface area is 105 Å². The predicted molar refractivity (Wildman–Crippen MR) is 69.6 cm³/mol. The first-order valence-corrected chi connectivity index (χ1v) is 6.88. The van der Waals surface area contributed by atoms with Crippen LogP contribution in [0.1, 0.15) is 11.1 Å². The minimum absolute atomic E-state index is 0.191. The summed E-state index contributed by atoms with van der Waals surface area (Å²) in [5.41, 5.74) is 1.38. The van der Waals surface area contributed by atoms with Crippen LogP contribution < -0.4 is 4.18 Å². The molecule has 0 unspecified atom stereocenters. The minimum Gasteiger partial charge on any atom is -0.378 e. The normalized spacial score (nSPS) is 17.6. The van der Waals surface area contributed by atoms with Crippen LogP contribution >= 0.6 is 0 Å². The summed E-state index contributed by atoms with van der Waals surface area (Å²) >= 11 is 0. The first-order valence-electron chi connectivity index (χ1n) is 5.47. The summed E-state index contributed by atoms with van der Waals surface area (Å²) in [6.07, 6.45) is 3.64.